The molecule has 0 aliphatic carbocycles. The van der Waals surface area contributed by atoms with E-state index in [4.69, 9.17) is 10.00 Å². The largest absolute Gasteiger partial charge is 0.383 e. The van der Waals surface area contributed by atoms with Crippen LogP contribution in [-0.4, -0.2) is 23.5 Å². The number of anilines is 2. The Bertz CT molecular complexity index is 598. The summed E-state index contributed by atoms with van der Waals surface area (Å²) in [5, 5.41) is 16.5. The molecule has 1 N–H and O–H groups in total. The molecule has 5 heteroatoms. The van der Waals surface area contributed by atoms with Crippen LogP contribution in [0.3, 0.4) is 0 Å². The van der Waals surface area contributed by atoms with Crippen LogP contribution in [0.2, 0.25) is 0 Å². The summed E-state index contributed by atoms with van der Waals surface area (Å²) >= 11 is 0. The second-order valence-electron chi connectivity index (χ2n) is 4.27. The SMILES string of the molecule is COCCn1cc(Nc2ccc(C)cc2C#N)cn1. The van der Waals surface area contributed by atoms with E-state index in [-0.39, 0.29) is 0 Å². The van der Waals surface area contributed by atoms with Gasteiger partial charge in [-0.1, -0.05) is 6.07 Å². The van der Waals surface area contributed by atoms with Gasteiger partial charge in [-0.15, -0.1) is 0 Å². The fourth-order valence-corrected chi connectivity index (χ4v) is 1.75. The van der Waals surface area contributed by atoms with Gasteiger partial charge in [0.15, 0.2) is 0 Å². The lowest BCUT2D eigenvalue weighted by Crippen LogP contribution is -2.03. The summed E-state index contributed by atoms with van der Waals surface area (Å²) in [5.41, 5.74) is 3.35. The number of methoxy groups -OCH3 is 1. The fraction of sp³-hybridized carbons (Fsp3) is 0.286. The van der Waals surface area contributed by atoms with Gasteiger partial charge in [0, 0.05) is 13.3 Å². The van der Waals surface area contributed by atoms with Crippen LogP contribution < -0.4 is 5.32 Å². The number of hydrogen-bond acceptors (Lipinski definition) is 4. The van der Waals surface area contributed by atoms with Crippen LogP contribution in [-0.2, 0) is 11.3 Å². The van der Waals surface area contributed by atoms with Gasteiger partial charge in [0.25, 0.3) is 0 Å². The monoisotopic (exact) mass is 256 g/mol. The van der Waals surface area contributed by atoms with Gasteiger partial charge in [-0.3, -0.25) is 4.68 Å². The normalized spacial score (nSPS) is 10.2. The minimum Gasteiger partial charge on any atom is -0.383 e. The summed E-state index contributed by atoms with van der Waals surface area (Å²) in [6.07, 6.45) is 3.62. The Labute approximate surface area is 112 Å². The molecule has 0 saturated heterocycles. The Hall–Kier alpha value is -2.32. The standard InChI is InChI=1S/C14H16N4O/c1-11-3-4-14(12(7-11)8-15)17-13-9-16-18(10-13)5-6-19-2/h3-4,7,9-10,17H,5-6H2,1-2H3. The molecule has 0 amide bonds. The highest BCUT2D eigenvalue weighted by Gasteiger charge is 2.04. The van der Waals surface area contributed by atoms with Gasteiger partial charge < -0.3 is 10.1 Å². The van der Waals surface area contributed by atoms with Crippen LogP contribution in [0.15, 0.2) is 30.6 Å². The van der Waals surface area contributed by atoms with E-state index in [1.54, 1.807) is 18.0 Å². The van der Waals surface area contributed by atoms with Crippen molar-refractivity contribution in [3.05, 3.63) is 41.7 Å². The highest BCUT2D eigenvalue weighted by atomic mass is 16.5. The van der Waals surface area contributed by atoms with Gasteiger partial charge in [-0.25, -0.2) is 0 Å². The molecule has 1 aromatic carbocycles. The van der Waals surface area contributed by atoms with Gasteiger partial charge >= 0.3 is 0 Å². The third-order valence-electron chi connectivity index (χ3n) is 2.73. The van der Waals surface area contributed by atoms with Gasteiger partial charge in [0.1, 0.15) is 6.07 Å². The molecule has 0 aliphatic heterocycles. The first-order valence-corrected chi connectivity index (χ1v) is 6.02. The maximum absolute atomic E-state index is 9.11. The number of benzene rings is 1. The van der Waals surface area contributed by atoms with Crippen molar-refractivity contribution in [2.45, 2.75) is 13.5 Å². The average molecular weight is 256 g/mol. The molecule has 19 heavy (non-hydrogen) atoms. The van der Waals surface area contributed by atoms with Crippen molar-refractivity contribution in [2.24, 2.45) is 0 Å². The number of aryl methyl sites for hydroxylation is 1. The lowest BCUT2D eigenvalue weighted by molar-refractivity contribution is 0.183. The van der Waals surface area contributed by atoms with E-state index in [0.717, 1.165) is 16.9 Å². The molecule has 0 radical (unpaired) electrons. The van der Waals surface area contributed by atoms with Crippen molar-refractivity contribution in [2.75, 3.05) is 19.0 Å². The van der Waals surface area contributed by atoms with Gasteiger partial charge in [0.05, 0.1) is 36.3 Å². The molecule has 98 valence electrons. The molecule has 2 rings (SSSR count). The zero-order valence-electron chi connectivity index (χ0n) is 11.1. The van der Waals surface area contributed by atoms with E-state index in [0.29, 0.717) is 18.7 Å². The molecule has 0 atom stereocenters. The number of nitriles is 1. The molecule has 5 nitrogen and oxygen atoms in total. The van der Waals surface area contributed by atoms with Crippen LogP contribution in [0.1, 0.15) is 11.1 Å². The first-order valence-electron chi connectivity index (χ1n) is 6.02. The quantitative estimate of drug-likeness (QED) is 0.892. The van der Waals surface area contributed by atoms with E-state index < -0.39 is 0 Å². The van der Waals surface area contributed by atoms with Gasteiger partial charge in [0.2, 0.25) is 0 Å². The maximum atomic E-state index is 9.11. The average Bonchev–Trinajstić information content (AvgIpc) is 2.86. The number of nitrogens with zero attached hydrogens (tertiary/aromatic N) is 3. The molecule has 2 aromatic rings. The molecule has 0 bridgehead atoms. The Morgan fingerprint density at radius 3 is 3.05 bits per heavy atom. The molecule has 0 fully saturated rings. The molecular formula is C14H16N4O. The van der Waals surface area contributed by atoms with E-state index in [1.165, 1.54) is 0 Å². The highest BCUT2D eigenvalue weighted by Crippen LogP contribution is 2.21. The minimum absolute atomic E-state index is 0.620. The van der Waals surface area contributed by atoms with Crippen LogP contribution in [0.5, 0.6) is 0 Å². The molecule has 0 saturated carbocycles. The second kappa shape index (κ2) is 6.03. The van der Waals surface area contributed by atoms with Crippen molar-refractivity contribution in [3.63, 3.8) is 0 Å². The molecule has 0 unspecified atom stereocenters. The van der Waals surface area contributed by atoms with Crippen molar-refractivity contribution in [1.82, 2.24) is 9.78 Å². The fourth-order valence-electron chi connectivity index (χ4n) is 1.75. The van der Waals surface area contributed by atoms with Crippen LogP contribution >= 0.6 is 0 Å². The summed E-state index contributed by atoms with van der Waals surface area (Å²) in [4.78, 5) is 0. The highest BCUT2D eigenvalue weighted by molar-refractivity contribution is 5.66. The molecule has 1 aromatic heterocycles. The number of nitrogens with one attached hydrogen (secondary N) is 1. The third kappa shape index (κ3) is 3.33. The molecule has 0 spiro atoms. The van der Waals surface area contributed by atoms with Crippen LogP contribution in [0, 0.1) is 18.3 Å². The van der Waals surface area contributed by atoms with E-state index in [9.17, 15) is 0 Å². The Balaban J connectivity index is 2.13. The van der Waals surface area contributed by atoms with Crippen molar-refractivity contribution < 1.29 is 4.74 Å². The lowest BCUT2D eigenvalue weighted by atomic mass is 10.1. The molecule has 0 aliphatic rings. The number of rotatable bonds is 5. The van der Waals surface area contributed by atoms with Gasteiger partial charge in [-0.2, -0.15) is 10.4 Å². The Morgan fingerprint density at radius 1 is 1.47 bits per heavy atom. The zero-order chi connectivity index (χ0) is 13.7. The predicted molar refractivity (Wildman–Crippen MR) is 73.3 cm³/mol. The van der Waals surface area contributed by atoms with E-state index >= 15 is 0 Å². The smallest absolute Gasteiger partial charge is 0.101 e. The first kappa shape index (κ1) is 13.1. The van der Waals surface area contributed by atoms with E-state index in [1.807, 2.05) is 31.3 Å². The maximum Gasteiger partial charge on any atom is 0.101 e. The predicted octanol–water partition coefficient (Wildman–Crippen LogP) is 2.45. The molecule has 1 heterocycles. The third-order valence-corrected chi connectivity index (χ3v) is 2.73. The summed E-state index contributed by atoms with van der Waals surface area (Å²) < 4.78 is 6.80. The second-order valence-corrected chi connectivity index (χ2v) is 4.27. The summed E-state index contributed by atoms with van der Waals surface area (Å²) in [6.45, 7) is 3.29. The van der Waals surface area contributed by atoms with E-state index in [2.05, 4.69) is 16.5 Å². The Morgan fingerprint density at radius 2 is 2.32 bits per heavy atom. The minimum atomic E-state index is 0.620. The van der Waals surface area contributed by atoms with Crippen molar-refractivity contribution >= 4 is 11.4 Å². The number of ether oxygens (including phenoxy) is 1. The van der Waals surface area contributed by atoms with Gasteiger partial charge in [-0.05, 0) is 24.6 Å². The topological polar surface area (TPSA) is 62.9 Å². The van der Waals surface area contributed by atoms with Crippen molar-refractivity contribution in [3.8, 4) is 6.07 Å². The van der Waals surface area contributed by atoms with Crippen molar-refractivity contribution in [1.29, 1.82) is 5.26 Å². The zero-order valence-corrected chi connectivity index (χ0v) is 11.1. The Kier molecular flexibility index (Phi) is 4.16. The summed E-state index contributed by atoms with van der Waals surface area (Å²) in [6, 6.07) is 7.92. The first-order chi connectivity index (χ1) is 9.22. The number of hydrogen-bond donors (Lipinski definition) is 1. The van der Waals surface area contributed by atoms with Crippen LogP contribution in [0.4, 0.5) is 11.4 Å². The van der Waals surface area contributed by atoms with Crippen LogP contribution in [0.25, 0.3) is 0 Å². The molecular weight excluding hydrogens is 240 g/mol. The summed E-state index contributed by atoms with van der Waals surface area (Å²) in [5.74, 6) is 0. The lowest BCUT2D eigenvalue weighted by Gasteiger charge is -2.06. The summed E-state index contributed by atoms with van der Waals surface area (Å²) in [7, 11) is 1.66. The number of aromatic nitrogens is 2.